The Morgan fingerprint density at radius 2 is 2.38 bits per heavy atom. The Labute approximate surface area is 75.9 Å². The summed E-state index contributed by atoms with van der Waals surface area (Å²) in [6, 6.07) is 3.53. The van der Waals surface area contributed by atoms with Gasteiger partial charge in [-0.05, 0) is 18.6 Å². The number of aromatic nitrogens is 1. The Morgan fingerprint density at radius 3 is 2.92 bits per heavy atom. The van der Waals surface area contributed by atoms with Crippen LogP contribution in [0.3, 0.4) is 0 Å². The van der Waals surface area contributed by atoms with E-state index < -0.39 is 12.1 Å². The van der Waals surface area contributed by atoms with Crippen LogP contribution >= 0.6 is 0 Å². The first-order valence-corrected chi connectivity index (χ1v) is 3.92. The van der Waals surface area contributed by atoms with Crippen LogP contribution in [0, 0.1) is 6.92 Å². The van der Waals surface area contributed by atoms with Crippen molar-refractivity contribution in [1.29, 1.82) is 0 Å². The van der Waals surface area contributed by atoms with Gasteiger partial charge >= 0.3 is 5.97 Å². The zero-order chi connectivity index (χ0) is 9.84. The Bertz CT molecular complexity index is 311. The molecule has 4 nitrogen and oxygen atoms in total. The van der Waals surface area contributed by atoms with Crippen LogP contribution in [0.5, 0.6) is 0 Å². The van der Waals surface area contributed by atoms with Crippen LogP contribution in [-0.2, 0) is 4.79 Å². The molecule has 1 aromatic heterocycles. The number of hydrogen-bond acceptors (Lipinski definition) is 3. The number of aliphatic hydroxyl groups is 1. The van der Waals surface area contributed by atoms with Gasteiger partial charge in [-0.1, -0.05) is 6.07 Å². The van der Waals surface area contributed by atoms with Crippen LogP contribution < -0.4 is 0 Å². The second kappa shape index (κ2) is 4.00. The Hall–Kier alpha value is -1.42. The third-order valence-corrected chi connectivity index (χ3v) is 1.73. The Balaban J connectivity index is 2.82. The number of carbonyl (C=O) groups is 1. The second-order valence-electron chi connectivity index (χ2n) is 2.82. The van der Waals surface area contributed by atoms with Crippen molar-refractivity contribution in [1.82, 2.24) is 4.98 Å². The van der Waals surface area contributed by atoms with Crippen LogP contribution in [0.1, 0.15) is 23.8 Å². The second-order valence-corrected chi connectivity index (χ2v) is 2.82. The van der Waals surface area contributed by atoms with Gasteiger partial charge in [0, 0.05) is 6.20 Å². The molecule has 13 heavy (non-hydrogen) atoms. The SMILES string of the molecule is Cc1cccnc1[C@@H](O)CC(=O)O. The minimum atomic E-state index is -1.03. The zero-order valence-electron chi connectivity index (χ0n) is 7.27. The molecule has 0 radical (unpaired) electrons. The molecule has 0 amide bonds. The lowest BCUT2D eigenvalue weighted by molar-refractivity contribution is -0.139. The van der Waals surface area contributed by atoms with Crippen molar-refractivity contribution >= 4 is 5.97 Å². The molecule has 0 aliphatic carbocycles. The summed E-state index contributed by atoms with van der Waals surface area (Å²) >= 11 is 0. The van der Waals surface area contributed by atoms with Crippen LogP contribution in [-0.4, -0.2) is 21.2 Å². The van der Waals surface area contributed by atoms with Crippen molar-refractivity contribution in [3.05, 3.63) is 29.6 Å². The molecule has 0 aliphatic heterocycles. The van der Waals surface area contributed by atoms with E-state index in [0.717, 1.165) is 5.56 Å². The predicted molar refractivity (Wildman–Crippen MR) is 46.2 cm³/mol. The van der Waals surface area contributed by atoms with Crippen molar-refractivity contribution in [3.8, 4) is 0 Å². The van der Waals surface area contributed by atoms with Crippen LogP contribution in [0.25, 0.3) is 0 Å². The lowest BCUT2D eigenvalue weighted by Gasteiger charge is -2.09. The molecule has 0 spiro atoms. The van der Waals surface area contributed by atoms with E-state index in [1.807, 2.05) is 0 Å². The zero-order valence-corrected chi connectivity index (χ0v) is 7.27. The molecule has 1 atom stereocenters. The molecule has 0 saturated carbocycles. The van der Waals surface area contributed by atoms with Gasteiger partial charge in [0.2, 0.25) is 0 Å². The Morgan fingerprint density at radius 1 is 1.69 bits per heavy atom. The number of aliphatic hydroxyl groups excluding tert-OH is 1. The molecule has 1 aromatic rings. The lowest BCUT2D eigenvalue weighted by atomic mass is 10.1. The minimum Gasteiger partial charge on any atom is -0.481 e. The highest BCUT2D eigenvalue weighted by Gasteiger charge is 2.14. The van der Waals surface area contributed by atoms with Gasteiger partial charge in [-0.3, -0.25) is 9.78 Å². The van der Waals surface area contributed by atoms with Gasteiger partial charge < -0.3 is 10.2 Å². The molecule has 0 aliphatic rings. The summed E-state index contributed by atoms with van der Waals surface area (Å²) in [6.07, 6.45) is 0.212. The molecule has 4 heteroatoms. The van der Waals surface area contributed by atoms with E-state index in [-0.39, 0.29) is 6.42 Å². The molecule has 0 saturated heterocycles. The molecule has 1 heterocycles. The topological polar surface area (TPSA) is 70.4 Å². The first kappa shape index (κ1) is 9.67. The van der Waals surface area contributed by atoms with E-state index in [1.54, 1.807) is 19.1 Å². The summed E-state index contributed by atoms with van der Waals surface area (Å²) in [7, 11) is 0. The predicted octanol–water partition coefficient (Wildman–Crippen LogP) is 0.898. The molecule has 1 rings (SSSR count). The van der Waals surface area contributed by atoms with Crippen LogP contribution in [0.4, 0.5) is 0 Å². The van der Waals surface area contributed by atoms with Gasteiger partial charge in [0.15, 0.2) is 0 Å². The lowest BCUT2D eigenvalue weighted by Crippen LogP contribution is -2.08. The number of nitrogens with zero attached hydrogens (tertiary/aromatic N) is 1. The van der Waals surface area contributed by atoms with E-state index in [0.29, 0.717) is 5.69 Å². The normalized spacial score (nSPS) is 12.5. The maximum atomic E-state index is 10.3. The van der Waals surface area contributed by atoms with E-state index in [9.17, 15) is 9.90 Å². The summed E-state index contributed by atoms with van der Waals surface area (Å²) in [4.78, 5) is 14.2. The highest BCUT2D eigenvalue weighted by Crippen LogP contribution is 2.17. The van der Waals surface area contributed by atoms with E-state index in [1.165, 1.54) is 6.20 Å². The fraction of sp³-hybridized carbons (Fsp3) is 0.333. The molecular weight excluding hydrogens is 170 g/mol. The quantitative estimate of drug-likeness (QED) is 0.726. The first-order valence-electron chi connectivity index (χ1n) is 3.92. The number of aliphatic carboxylic acids is 1. The minimum absolute atomic E-state index is 0.308. The van der Waals surface area contributed by atoms with Gasteiger partial charge in [0.1, 0.15) is 6.10 Å². The van der Waals surface area contributed by atoms with Gasteiger partial charge in [-0.15, -0.1) is 0 Å². The molecule has 0 bridgehead atoms. The number of pyridine rings is 1. The van der Waals surface area contributed by atoms with Gasteiger partial charge in [-0.25, -0.2) is 0 Å². The average Bonchev–Trinajstić information content (AvgIpc) is 2.03. The maximum absolute atomic E-state index is 10.3. The third-order valence-electron chi connectivity index (χ3n) is 1.73. The number of carboxylic acid groups (broad SMARTS) is 1. The van der Waals surface area contributed by atoms with Crippen LogP contribution in [0.2, 0.25) is 0 Å². The maximum Gasteiger partial charge on any atom is 0.306 e. The fourth-order valence-corrected chi connectivity index (χ4v) is 1.11. The van der Waals surface area contributed by atoms with Gasteiger partial charge in [0.25, 0.3) is 0 Å². The molecule has 0 fully saturated rings. The highest BCUT2D eigenvalue weighted by molar-refractivity contribution is 5.67. The molecule has 0 unspecified atom stereocenters. The monoisotopic (exact) mass is 181 g/mol. The number of aryl methyl sites for hydroxylation is 1. The van der Waals surface area contributed by atoms with Crippen molar-refractivity contribution in [3.63, 3.8) is 0 Å². The fourth-order valence-electron chi connectivity index (χ4n) is 1.11. The van der Waals surface area contributed by atoms with E-state index in [2.05, 4.69) is 4.98 Å². The van der Waals surface area contributed by atoms with Crippen LogP contribution in [0.15, 0.2) is 18.3 Å². The third kappa shape index (κ3) is 2.52. The summed E-state index contributed by atoms with van der Waals surface area (Å²) in [6.45, 7) is 1.79. The standard InChI is InChI=1S/C9H11NO3/c1-6-3-2-4-10-9(6)7(11)5-8(12)13/h2-4,7,11H,5H2,1H3,(H,12,13)/t7-/m0/s1. The Kier molecular flexibility index (Phi) is 2.97. The smallest absolute Gasteiger partial charge is 0.306 e. The summed E-state index contributed by atoms with van der Waals surface area (Å²) in [5.41, 5.74) is 1.24. The van der Waals surface area contributed by atoms with E-state index in [4.69, 9.17) is 5.11 Å². The highest BCUT2D eigenvalue weighted by atomic mass is 16.4. The number of carboxylic acids is 1. The van der Waals surface area contributed by atoms with Gasteiger partial charge in [-0.2, -0.15) is 0 Å². The van der Waals surface area contributed by atoms with Crippen molar-refractivity contribution in [2.24, 2.45) is 0 Å². The number of hydrogen-bond donors (Lipinski definition) is 2. The molecule has 2 N–H and O–H groups in total. The summed E-state index contributed by atoms with van der Waals surface area (Å²) in [5.74, 6) is -1.03. The number of rotatable bonds is 3. The summed E-state index contributed by atoms with van der Waals surface area (Å²) < 4.78 is 0. The van der Waals surface area contributed by atoms with Crippen molar-refractivity contribution in [2.45, 2.75) is 19.4 Å². The van der Waals surface area contributed by atoms with Crippen molar-refractivity contribution < 1.29 is 15.0 Å². The summed E-state index contributed by atoms with van der Waals surface area (Å²) in [5, 5.41) is 17.9. The van der Waals surface area contributed by atoms with Gasteiger partial charge in [0.05, 0.1) is 12.1 Å². The van der Waals surface area contributed by atoms with Crippen molar-refractivity contribution in [2.75, 3.05) is 0 Å². The van der Waals surface area contributed by atoms with E-state index >= 15 is 0 Å². The molecule has 0 aromatic carbocycles. The molecule has 70 valence electrons. The average molecular weight is 181 g/mol. The largest absolute Gasteiger partial charge is 0.481 e. The first-order chi connectivity index (χ1) is 6.11. The molecular formula is C9H11NO3.